The molecule has 0 saturated carbocycles. The molecule has 0 spiro atoms. The number of hydrogen-bond acceptors (Lipinski definition) is 6. The van der Waals surface area contributed by atoms with Crippen LogP contribution >= 0.6 is 0 Å². The summed E-state index contributed by atoms with van der Waals surface area (Å²) in [5.41, 5.74) is 2.67. The zero-order chi connectivity index (χ0) is 23.8. The average molecular weight is 454 g/mol. The molecule has 0 bridgehead atoms. The van der Waals surface area contributed by atoms with Gasteiger partial charge < -0.3 is 19.1 Å². The van der Waals surface area contributed by atoms with Crippen molar-refractivity contribution in [1.82, 2.24) is 9.91 Å². The molecule has 3 rings (SSSR count). The van der Waals surface area contributed by atoms with Crippen LogP contribution in [0.2, 0.25) is 0 Å². The third-order valence-corrected chi connectivity index (χ3v) is 5.64. The molecular weight excluding hydrogens is 422 g/mol. The van der Waals surface area contributed by atoms with E-state index in [-0.39, 0.29) is 24.4 Å². The van der Waals surface area contributed by atoms with Gasteiger partial charge in [0.1, 0.15) is 18.0 Å². The Kier molecular flexibility index (Phi) is 8.43. The van der Waals surface area contributed by atoms with Gasteiger partial charge in [0.25, 0.3) is 5.91 Å². The summed E-state index contributed by atoms with van der Waals surface area (Å²) < 4.78 is 15.6. The molecule has 1 atom stereocenters. The van der Waals surface area contributed by atoms with Crippen molar-refractivity contribution in [2.75, 3.05) is 41.0 Å². The third-order valence-electron chi connectivity index (χ3n) is 5.64. The Bertz CT molecular complexity index is 973. The monoisotopic (exact) mass is 453 g/mol. The Hall–Kier alpha value is -3.39. The topological polar surface area (TPSA) is 80.7 Å². The predicted molar refractivity (Wildman–Crippen MR) is 125 cm³/mol. The molecule has 1 heterocycles. The summed E-state index contributed by atoms with van der Waals surface area (Å²) in [7, 11) is 4.81. The smallest absolute Gasteiger partial charge is 0.262 e. The minimum atomic E-state index is -0.276. The van der Waals surface area contributed by atoms with Gasteiger partial charge >= 0.3 is 0 Å². The first-order valence-corrected chi connectivity index (χ1v) is 10.9. The van der Waals surface area contributed by atoms with Crippen molar-refractivity contribution in [2.45, 2.75) is 25.8 Å². The van der Waals surface area contributed by atoms with E-state index in [0.29, 0.717) is 26.0 Å². The number of methoxy groups -OCH3 is 3. The summed E-state index contributed by atoms with van der Waals surface area (Å²) in [6.07, 6.45) is 0.878. The zero-order valence-corrected chi connectivity index (χ0v) is 19.6. The van der Waals surface area contributed by atoms with Crippen molar-refractivity contribution in [3.8, 4) is 11.5 Å². The molecule has 0 aromatic heterocycles. The van der Waals surface area contributed by atoms with Crippen LogP contribution in [0, 0.1) is 0 Å². The maximum atomic E-state index is 13.4. The number of hydrogen-bond donors (Lipinski definition) is 0. The third kappa shape index (κ3) is 5.90. The molecule has 0 fully saturated rings. The lowest BCUT2D eigenvalue weighted by atomic mass is 9.98. The molecular formula is C25H31N3O5. The minimum absolute atomic E-state index is 0.0535. The number of carbonyl (C=O) groups excluding carboxylic acids is 2. The molecule has 0 saturated heterocycles. The highest BCUT2D eigenvalue weighted by Gasteiger charge is 2.34. The largest absolute Gasteiger partial charge is 0.497 e. The first kappa shape index (κ1) is 24.3. The summed E-state index contributed by atoms with van der Waals surface area (Å²) in [5, 5.41) is 6.20. The van der Waals surface area contributed by atoms with E-state index in [9.17, 15) is 9.59 Å². The van der Waals surface area contributed by atoms with Crippen molar-refractivity contribution in [3.05, 3.63) is 59.7 Å². The van der Waals surface area contributed by atoms with Crippen molar-refractivity contribution in [1.29, 1.82) is 0 Å². The second kappa shape index (κ2) is 11.5. The van der Waals surface area contributed by atoms with Crippen LogP contribution in [0.3, 0.4) is 0 Å². The Morgan fingerprint density at radius 2 is 1.61 bits per heavy atom. The molecule has 0 radical (unpaired) electrons. The molecule has 0 N–H and O–H groups in total. The van der Waals surface area contributed by atoms with E-state index < -0.39 is 0 Å². The molecule has 2 aromatic carbocycles. The summed E-state index contributed by atoms with van der Waals surface area (Å²) in [6.45, 7) is 2.44. The van der Waals surface area contributed by atoms with Crippen LogP contribution in [0.15, 0.2) is 53.6 Å². The van der Waals surface area contributed by atoms with Crippen LogP contribution in [0.4, 0.5) is 0 Å². The van der Waals surface area contributed by atoms with Crippen molar-refractivity contribution < 1.29 is 23.8 Å². The molecule has 1 unspecified atom stereocenters. The minimum Gasteiger partial charge on any atom is -0.497 e. The highest BCUT2D eigenvalue weighted by Crippen LogP contribution is 2.34. The molecule has 176 valence electrons. The highest BCUT2D eigenvalue weighted by molar-refractivity contribution is 6.03. The molecule has 8 nitrogen and oxygen atoms in total. The van der Waals surface area contributed by atoms with Gasteiger partial charge in [-0.25, -0.2) is 5.01 Å². The Morgan fingerprint density at radius 3 is 2.15 bits per heavy atom. The van der Waals surface area contributed by atoms with Crippen LogP contribution in [0.5, 0.6) is 11.5 Å². The van der Waals surface area contributed by atoms with Crippen LogP contribution < -0.4 is 9.47 Å². The summed E-state index contributed by atoms with van der Waals surface area (Å²) in [4.78, 5) is 27.3. The lowest BCUT2D eigenvalue weighted by molar-refractivity contribution is -0.141. The first-order valence-electron chi connectivity index (χ1n) is 10.9. The van der Waals surface area contributed by atoms with Gasteiger partial charge in [0, 0.05) is 26.5 Å². The van der Waals surface area contributed by atoms with E-state index in [1.165, 1.54) is 9.91 Å². The quantitative estimate of drug-likeness (QED) is 0.552. The SMILES string of the molecule is CCC(=O)N(CCOC)CC(=O)N1N=C(c2ccc(OC)cc2)CC1c1ccc(OC)cc1. The fourth-order valence-electron chi connectivity index (χ4n) is 3.74. The van der Waals surface area contributed by atoms with Gasteiger partial charge in [-0.15, -0.1) is 0 Å². The zero-order valence-electron chi connectivity index (χ0n) is 19.6. The maximum absolute atomic E-state index is 13.4. The van der Waals surface area contributed by atoms with Crippen molar-refractivity contribution in [3.63, 3.8) is 0 Å². The van der Waals surface area contributed by atoms with Gasteiger partial charge in [-0.2, -0.15) is 5.10 Å². The highest BCUT2D eigenvalue weighted by atomic mass is 16.5. The van der Waals surface area contributed by atoms with Gasteiger partial charge in [-0.3, -0.25) is 9.59 Å². The van der Waals surface area contributed by atoms with E-state index in [4.69, 9.17) is 19.3 Å². The second-order valence-electron chi connectivity index (χ2n) is 7.67. The van der Waals surface area contributed by atoms with E-state index >= 15 is 0 Å². The summed E-state index contributed by atoms with van der Waals surface area (Å²) in [5.74, 6) is 1.16. The molecule has 1 aliphatic rings. The van der Waals surface area contributed by atoms with Gasteiger partial charge in [0.15, 0.2) is 0 Å². The van der Waals surface area contributed by atoms with Gasteiger partial charge in [-0.1, -0.05) is 19.1 Å². The van der Waals surface area contributed by atoms with Crippen LogP contribution in [-0.4, -0.2) is 68.5 Å². The van der Waals surface area contributed by atoms with E-state index in [2.05, 4.69) is 0 Å². The lowest BCUT2D eigenvalue weighted by Gasteiger charge is -2.26. The molecule has 0 aliphatic carbocycles. The molecule has 2 amide bonds. The molecule has 8 heteroatoms. The number of carbonyl (C=O) groups is 2. The molecule has 2 aromatic rings. The second-order valence-corrected chi connectivity index (χ2v) is 7.67. The van der Waals surface area contributed by atoms with Gasteiger partial charge in [0.05, 0.1) is 32.6 Å². The van der Waals surface area contributed by atoms with Crippen molar-refractivity contribution >= 4 is 17.5 Å². The standard InChI is InChI=1S/C25H31N3O5/c1-5-24(29)27(14-15-31-2)17-25(30)28-23(19-8-12-21(33-4)13-9-19)16-22(26-28)18-6-10-20(32-3)11-7-18/h6-13,23H,5,14-17H2,1-4H3. The fraction of sp³-hybridized carbons (Fsp3) is 0.400. The first-order chi connectivity index (χ1) is 16.0. The molecule has 33 heavy (non-hydrogen) atoms. The Morgan fingerprint density at radius 1 is 1.00 bits per heavy atom. The Balaban J connectivity index is 1.89. The summed E-state index contributed by atoms with van der Waals surface area (Å²) in [6, 6.07) is 15.0. The number of ether oxygens (including phenoxy) is 3. The van der Waals surface area contributed by atoms with Crippen LogP contribution in [-0.2, 0) is 14.3 Å². The van der Waals surface area contributed by atoms with E-state index in [0.717, 1.165) is 28.3 Å². The van der Waals surface area contributed by atoms with Crippen LogP contribution in [0.1, 0.15) is 36.9 Å². The maximum Gasteiger partial charge on any atom is 0.262 e. The van der Waals surface area contributed by atoms with Crippen LogP contribution in [0.25, 0.3) is 0 Å². The number of hydrazone groups is 1. The lowest BCUT2D eigenvalue weighted by Crippen LogP contribution is -2.42. The summed E-state index contributed by atoms with van der Waals surface area (Å²) >= 11 is 0. The van der Waals surface area contributed by atoms with Crippen molar-refractivity contribution in [2.24, 2.45) is 5.10 Å². The number of nitrogens with zero attached hydrogens (tertiary/aromatic N) is 3. The predicted octanol–water partition coefficient (Wildman–Crippen LogP) is 3.27. The van der Waals surface area contributed by atoms with Gasteiger partial charge in [-0.05, 0) is 47.5 Å². The number of amides is 2. The Labute approximate surface area is 194 Å². The number of rotatable bonds is 10. The van der Waals surface area contributed by atoms with E-state index in [1.54, 1.807) is 28.3 Å². The number of benzene rings is 2. The normalized spacial score (nSPS) is 15.2. The average Bonchev–Trinajstić information content (AvgIpc) is 3.31. The molecule has 1 aliphatic heterocycles. The fourth-order valence-corrected chi connectivity index (χ4v) is 3.74. The van der Waals surface area contributed by atoms with E-state index in [1.807, 2.05) is 48.5 Å². The van der Waals surface area contributed by atoms with Gasteiger partial charge in [0.2, 0.25) is 5.91 Å².